The van der Waals surface area contributed by atoms with Crippen molar-refractivity contribution in [1.82, 2.24) is 10.2 Å². The van der Waals surface area contributed by atoms with Crippen molar-refractivity contribution in [2.24, 2.45) is 0 Å². The molecule has 6 heteroatoms. The summed E-state index contributed by atoms with van der Waals surface area (Å²) in [5.74, 6) is 1.62. The summed E-state index contributed by atoms with van der Waals surface area (Å²) >= 11 is 9.83. The van der Waals surface area contributed by atoms with Gasteiger partial charge in [-0.25, -0.2) is 0 Å². The molecule has 2 rings (SSSR count). The summed E-state index contributed by atoms with van der Waals surface area (Å²) in [6.07, 6.45) is 1.02. The van der Waals surface area contributed by atoms with Crippen LogP contribution in [-0.4, -0.2) is 46.8 Å². The number of nitrogens with one attached hydrogen (secondary N) is 1. The molecular formula is C15H22BrClN2OS. The first-order valence-electron chi connectivity index (χ1n) is 7.35. The van der Waals surface area contributed by atoms with Gasteiger partial charge in [0.05, 0.1) is 0 Å². The molecule has 1 aliphatic heterocycles. The van der Waals surface area contributed by atoms with Gasteiger partial charge in [0.25, 0.3) is 0 Å². The van der Waals surface area contributed by atoms with Crippen LogP contribution >= 0.6 is 27.5 Å². The lowest BCUT2D eigenvalue weighted by molar-refractivity contribution is 0.279. The molecule has 0 aromatic heterocycles. The third-order valence-electron chi connectivity index (χ3n) is 3.79. The molecule has 1 fully saturated rings. The van der Waals surface area contributed by atoms with Crippen molar-refractivity contribution in [1.29, 1.82) is 0 Å². The molecule has 118 valence electrons. The van der Waals surface area contributed by atoms with Crippen molar-refractivity contribution in [2.45, 2.75) is 19.4 Å². The first-order chi connectivity index (χ1) is 10.1. The van der Waals surface area contributed by atoms with Crippen LogP contribution in [0.25, 0.3) is 0 Å². The van der Waals surface area contributed by atoms with Gasteiger partial charge in [-0.1, -0.05) is 40.5 Å². The van der Waals surface area contributed by atoms with Gasteiger partial charge in [-0.05, 0) is 30.7 Å². The van der Waals surface area contributed by atoms with E-state index in [0.29, 0.717) is 0 Å². The Kier molecular flexibility index (Phi) is 7.16. The maximum atomic E-state index is 11.4. The fourth-order valence-electron chi connectivity index (χ4n) is 2.61. The van der Waals surface area contributed by atoms with Crippen LogP contribution in [0.1, 0.15) is 24.9 Å². The average Bonchev–Trinajstić information content (AvgIpc) is 2.46. The Morgan fingerprint density at radius 1 is 1.43 bits per heavy atom. The standard InChI is InChI=1S/C15H22BrClN2OS/c1-2-18-15(13-4-3-12(16)11-14(13)17)5-6-19-7-9-21(20)10-8-19/h3-4,11,15,18H,2,5-10H2,1H3. The van der Waals surface area contributed by atoms with Crippen LogP contribution in [0.2, 0.25) is 5.02 Å². The zero-order valence-electron chi connectivity index (χ0n) is 12.3. The van der Waals surface area contributed by atoms with Gasteiger partial charge in [-0.2, -0.15) is 0 Å². The summed E-state index contributed by atoms with van der Waals surface area (Å²) < 4.78 is 12.4. The maximum absolute atomic E-state index is 11.4. The number of halogens is 2. The van der Waals surface area contributed by atoms with Gasteiger partial charge in [0.1, 0.15) is 0 Å². The summed E-state index contributed by atoms with van der Waals surface area (Å²) in [6.45, 7) is 5.94. The Morgan fingerprint density at radius 2 is 2.14 bits per heavy atom. The maximum Gasteiger partial charge on any atom is 0.0465 e. The lowest BCUT2D eigenvalue weighted by Crippen LogP contribution is -2.39. The van der Waals surface area contributed by atoms with Gasteiger partial charge in [0, 0.05) is 57.5 Å². The SMILES string of the molecule is CCNC(CCN1CCS(=O)CC1)c1ccc(Br)cc1Cl. The van der Waals surface area contributed by atoms with E-state index in [9.17, 15) is 4.21 Å². The summed E-state index contributed by atoms with van der Waals surface area (Å²) in [4.78, 5) is 2.40. The highest BCUT2D eigenvalue weighted by Gasteiger charge is 2.18. The highest BCUT2D eigenvalue weighted by Crippen LogP contribution is 2.28. The smallest absolute Gasteiger partial charge is 0.0465 e. The summed E-state index contributed by atoms with van der Waals surface area (Å²) in [6, 6.07) is 6.34. The van der Waals surface area contributed by atoms with E-state index in [0.717, 1.165) is 59.2 Å². The highest BCUT2D eigenvalue weighted by molar-refractivity contribution is 9.10. The molecule has 1 N–H and O–H groups in total. The zero-order valence-corrected chi connectivity index (χ0v) is 15.4. The van der Waals surface area contributed by atoms with E-state index in [-0.39, 0.29) is 6.04 Å². The Bertz CT molecular complexity index is 491. The highest BCUT2D eigenvalue weighted by atomic mass is 79.9. The molecule has 0 spiro atoms. The van der Waals surface area contributed by atoms with E-state index in [4.69, 9.17) is 11.6 Å². The molecule has 1 aromatic carbocycles. The van der Waals surface area contributed by atoms with Crippen LogP contribution in [0, 0.1) is 0 Å². The Balaban J connectivity index is 1.97. The van der Waals surface area contributed by atoms with Gasteiger partial charge in [0.2, 0.25) is 0 Å². The van der Waals surface area contributed by atoms with E-state index in [1.807, 2.05) is 12.1 Å². The molecule has 1 aromatic rings. The van der Waals surface area contributed by atoms with Crippen LogP contribution < -0.4 is 5.32 Å². The van der Waals surface area contributed by atoms with Gasteiger partial charge >= 0.3 is 0 Å². The summed E-state index contributed by atoms with van der Waals surface area (Å²) in [5, 5.41) is 4.32. The molecule has 0 amide bonds. The van der Waals surface area contributed by atoms with E-state index < -0.39 is 10.8 Å². The number of rotatable bonds is 6. The monoisotopic (exact) mass is 392 g/mol. The fraction of sp³-hybridized carbons (Fsp3) is 0.600. The average molecular weight is 394 g/mol. The summed E-state index contributed by atoms with van der Waals surface area (Å²) in [7, 11) is -0.604. The second-order valence-electron chi connectivity index (χ2n) is 5.25. The second-order valence-corrected chi connectivity index (χ2v) is 8.27. The minimum atomic E-state index is -0.604. The molecule has 0 radical (unpaired) electrons. The van der Waals surface area contributed by atoms with Crippen molar-refractivity contribution < 1.29 is 4.21 Å². The normalized spacial score (nSPS) is 18.8. The fourth-order valence-corrected chi connectivity index (χ4v) is 4.54. The third kappa shape index (κ3) is 5.32. The number of hydrogen-bond donors (Lipinski definition) is 1. The van der Waals surface area contributed by atoms with Crippen molar-refractivity contribution in [3.8, 4) is 0 Å². The van der Waals surface area contributed by atoms with Crippen molar-refractivity contribution in [3.05, 3.63) is 33.3 Å². The molecular weight excluding hydrogens is 372 g/mol. The molecule has 1 saturated heterocycles. The number of nitrogens with zero attached hydrogens (tertiary/aromatic N) is 1. The van der Waals surface area contributed by atoms with Gasteiger partial charge in [-0.3, -0.25) is 4.21 Å². The van der Waals surface area contributed by atoms with E-state index in [1.54, 1.807) is 0 Å². The Hall–Kier alpha value is 0.0600. The first-order valence-corrected chi connectivity index (χ1v) is 10.0. The molecule has 1 aliphatic rings. The van der Waals surface area contributed by atoms with Crippen LogP contribution in [0.15, 0.2) is 22.7 Å². The lowest BCUT2D eigenvalue weighted by Gasteiger charge is -2.28. The molecule has 3 nitrogen and oxygen atoms in total. The van der Waals surface area contributed by atoms with Crippen LogP contribution in [-0.2, 0) is 10.8 Å². The van der Waals surface area contributed by atoms with Crippen LogP contribution in [0.3, 0.4) is 0 Å². The van der Waals surface area contributed by atoms with Crippen molar-refractivity contribution in [3.63, 3.8) is 0 Å². The Morgan fingerprint density at radius 3 is 2.76 bits per heavy atom. The quantitative estimate of drug-likeness (QED) is 0.805. The zero-order chi connectivity index (χ0) is 15.2. The molecule has 1 atom stereocenters. The predicted octanol–water partition coefficient (Wildman–Crippen LogP) is 3.21. The predicted molar refractivity (Wildman–Crippen MR) is 94.5 cm³/mol. The number of hydrogen-bond acceptors (Lipinski definition) is 3. The lowest BCUT2D eigenvalue weighted by atomic mass is 10.0. The van der Waals surface area contributed by atoms with Crippen molar-refractivity contribution >= 4 is 38.3 Å². The largest absolute Gasteiger partial charge is 0.310 e. The molecule has 0 saturated carbocycles. The van der Waals surface area contributed by atoms with Crippen molar-refractivity contribution in [2.75, 3.05) is 37.7 Å². The number of benzene rings is 1. The van der Waals surface area contributed by atoms with Gasteiger partial charge in [0.15, 0.2) is 0 Å². The van der Waals surface area contributed by atoms with Crippen LogP contribution in [0.4, 0.5) is 0 Å². The molecule has 21 heavy (non-hydrogen) atoms. The molecule has 1 unspecified atom stereocenters. The Labute approximate surface area is 143 Å². The second kappa shape index (κ2) is 8.63. The summed E-state index contributed by atoms with van der Waals surface area (Å²) in [5.41, 5.74) is 1.15. The van der Waals surface area contributed by atoms with E-state index in [1.165, 1.54) is 0 Å². The third-order valence-corrected chi connectivity index (χ3v) is 5.89. The van der Waals surface area contributed by atoms with Gasteiger partial charge in [-0.15, -0.1) is 0 Å². The molecule has 0 aliphatic carbocycles. The molecule has 0 bridgehead atoms. The van der Waals surface area contributed by atoms with E-state index >= 15 is 0 Å². The molecule has 1 heterocycles. The van der Waals surface area contributed by atoms with Crippen LogP contribution in [0.5, 0.6) is 0 Å². The minimum absolute atomic E-state index is 0.267. The van der Waals surface area contributed by atoms with Gasteiger partial charge < -0.3 is 10.2 Å². The van der Waals surface area contributed by atoms with E-state index in [2.05, 4.69) is 39.1 Å². The topological polar surface area (TPSA) is 32.3 Å². The first kappa shape index (κ1) is 17.4. The minimum Gasteiger partial charge on any atom is -0.310 e.